The molecule has 1 fully saturated rings. The molecule has 1 saturated heterocycles. The molecule has 1 aromatic heterocycles. The molecule has 1 aliphatic heterocycles. The van der Waals surface area contributed by atoms with Crippen LogP contribution < -0.4 is 11.2 Å². The lowest BCUT2D eigenvalue weighted by atomic mass is 10.1. The Morgan fingerprint density at radius 2 is 2.24 bits per heavy atom. The largest absolute Gasteiger partial charge is 0.411 e. The smallest absolute Gasteiger partial charge is 0.394 e. The summed E-state index contributed by atoms with van der Waals surface area (Å²) in [5, 5.41) is 12.7. The molecule has 2 N–H and O–H groups in total. The molecule has 0 saturated carbocycles. The minimum absolute atomic E-state index is 0.0457. The summed E-state index contributed by atoms with van der Waals surface area (Å²) in [5.41, 5.74) is 6.55. The first-order valence-electron chi connectivity index (χ1n) is 7.04. The van der Waals surface area contributed by atoms with Crippen molar-refractivity contribution in [3.05, 3.63) is 43.0 Å². The van der Waals surface area contributed by atoms with Crippen LogP contribution in [0.2, 0.25) is 0 Å². The van der Waals surface area contributed by atoms with Crippen LogP contribution in [0.25, 0.3) is 10.4 Å². The Morgan fingerprint density at radius 1 is 1.52 bits per heavy atom. The van der Waals surface area contributed by atoms with E-state index < -0.39 is 55.6 Å². The first kappa shape index (κ1) is 19.0. The van der Waals surface area contributed by atoms with Crippen LogP contribution in [0.15, 0.2) is 20.9 Å². The summed E-state index contributed by atoms with van der Waals surface area (Å²) in [7, 11) is 0. The van der Waals surface area contributed by atoms with E-state index in [0.717, 1.165) is 10.8 Å². The van der Waals surface area contributed by atoms with Crippen LogP contribution >= 0.6 is 0 Å². The highest BCUT2D eigenvalue weighted by atomic mass is 19.4. The Labute approximate surface area is 137 Å². The third-order valence-electron chi connectivity index (χ3n) is 3.46. The van der Waals surface area contributed by atoms with Gasteiger partial charge in [-0.2, -0.15) is 13.2 Å². The van der Waals surface area contributed by atoms with E-state index in [-0.39, 0.29) is 12.0 Å². The molecule has 13 heteroatoms. The second-order valence-corrected chi connectivity index (χ2v) is 5.25. The van der Waals surface area contributed by atoms with Gasteiger partial charge in [0.25, 0.3) is 5.56 Å². The van der Waals surface area contributed by atoms with Gasteiger partial charge in [0.1, 0.15) is 12.8 Å². The molecule has 0 aromatic carbocycles. The lowest BCUT2D eigenvalue weighted by Crippen LogP contribution is -2.34. The molecule has 0 amide bonds. The summed E-state index contributed by atoms with van der Waals surface area (Å²) in [5.74, 6) is 0. The van der Waals surface area contributed by atoms with Crippen LogP contribution in [0.3, 0.4) is 0 Å². The van der Waals surface area contributed by atoms with Crippen molar-refractivity contribution in [3.63, 3.8) is 0 Å². The Kier molecular flexibility index (Phi) is 5.85. The number of alkyl halides is 3. The third-order valence-corrected chi connectivity index (χ3v) is 3.46. The van der Waals surface area contributed by atoms with E-state index in [9.17, 15) is 27.9 Å². The summed E-state index contributed by atoms with van der Waals surface area (Å²) >= 11 is 0. The maximum Gasteiger partial charge on any atom is 0.411 e. The number of nitrogens with zero attached hydrogens (tertiary/aromatic N) is 4. The number of rotatable bonds is 6. The molecule has 25 heavy (non-hydrogen) atoms. The number of aromatic nitrogens is 2. The van der Waals surface area contributed by atoms with Crippen molar-refractivity contribution >= 4 is 0 Å². The zero-order chi connectivity index (χ0) is 18.6. The third kappa shape index (κ3) is 4.82. The van der Waals surface area contributed by atoms with Gasteiger partial charge >= 0.3 is 11.9 Å². The molecule has 0 aliphatic carbocycles. The quantitative estimate of drug-likeness (QED) is 0.430. The molecule has 3 atom stereocenters. The average Bonchev–Trinajstić information content (AvgIpc) is 2.91. The minimum Gasteiger partial charge on any atom is -0.394 e. The summed E-state index contributed by atoms with van der Waals surface area (Å²) in [4.78, 5) is 28.2. The molecule has 10 nitrogen and oxygen atoms in total. The predicted octanol–water partition coefficient (Wildman–Crippen LogP) is 0.574. The second kappa shape index (κ2) is 7.70. The fourth-order valence-electron chi connectivity index (χ4n) is 2.36. The van der Waals surface area contributed by atoms with Crippen LogP contribution in [0, 0.1) is 0 Å². The zero-order valence-corrected chi connectivity index (χ0v) is 12.6. The highest BCUT2D eigenvalue weighted by Gasteiger charge is 2.36. The highest BCUT2D eigenvalue weighted by molar-refractivity contribution is 5.04. The van der Waals surface area contributed by atoms with Gasteiger partial charge in [-0.3, -0.25) is 14.3 Å². The molecule has 2 heterocycles. The zero-order valence-electron chi connectivity index (χ0n) is 12.6. The van der Waals surface area contributed by atoms with Crippen molar-refractivity contribution in [2.24, 2.45) is 5.11 Å². The molecule has 0 radical (unpaired) electrons. The monoisotopic (exact) mass is 365 g/mol. The Balaban J connectivity index is 2.21. The molecular weight excluding hydrogens is 351 g/mol. The number of aliphatic hydroxyl groups is 1. The molecule has 1 aliphatic rings. The average molecular weight is 365 g/mol. The van der Waals surface area contributed by atoms with E-state index in [1.165, 1.54) is 0 Å². The molecular formula is C12H14F3N5O5. The number of hydrogen-bond donors (Lipinski definition) is 2. The standard InChI is InChI=1S/C12H14F3N5O5/c13-12(14,15)5-24-4-6-2-20(11(23)17-10(6)22)9-1-7(18-19-16)8(3-21)25-9/h2,7-9,21H,1,3-5H2,(H,17,22,23)/t7?,8-,9-/m1/s1. The van der Waals surface area contributed by atoms with Crippen LogP contribution in [-0.2, 0) is 16.1 Å². The van der Waals surface area contributed by atoms with E-state index in [4.69, 9.17) is 10.3 Å². The summed E-state index contributed by atoms with van der Waals surface area (Å²) in [6, 6.07) is -0.733. The number of aromatic amines is 1. The van der Waals surface area contributed by atoms with Crippen molar-refractivity contribution in [2.45, 2.75) is 37.6 Å². The van der Waals surface area contributed by atoms with Crippen LogP contribution in [0.5, 0.6) is 0 Å². The fraction of sp³-hybridized carbons (Fsp3) is 0.667. The summed E-state index contributed by atoms with van der Waals surface area (Å²) < 4.78 is 47.1. The topological polar surface area (TPSA) is 142 Å². The number of H-pyrrole nitrogens is 1. The normalized spacial score (nSPS) is 23.4. The predicted molar refractivity (Wildman–Crippen MR) is 75.6 cm³/mol. The van der Waals surface area contributed by atoms with Gasteiger partial charge in [-0.1, -0.05) is 5.11 Å². The van der Waals surface area contributed by atoms with Crippen LogP contribution in [0.4, 0.5) is 13.2 Å². The lowest BCUT2D eigenvalue weighted by molar-refractivity contribution is -0.176. The Hall–Kier alpha value is -2.34. The van der Waals surface area contributed by atoms with Crippen LogP contribution in [-0.4, -0.2) is 46.2 Å². The SMILES string of the molecule is [N-]=[N+]=NC1C[C@H](n2cc(COCC(F)(F)F)c(=O)[nH]c2=O)O[C@@H]1CO. The Bertz CT molecular complexity index is 770. The van der Waals surface area contributed by atoms with E-state index in [2.05, 4.69) is 14.8 Å². The fourth-order valence-corrected chi connectivity index (χ4v) is 2.36. The van der Waals surface area contributed by atoms with E-state index >= 15 is 0 Å². The maximum atomic E-state index is 12.1. The van der Waals surface area contributed by atoms with Crippen LogP contribution in [0.1, 0.15) is 18.2 Å². The Morgan fingerprint density at radius 3 is 2.84 bits per heavy atom. The highest BCUT2D eigenvalue weighted by Crippen LogP contribution is 2.29. The van der Waals surface area contributed by atoms with Crippen molar-refractivity contribution in [2.75, 3.05) is 13.2 Å². The van der Waals surface area contributed by atoms with Crippen molar-refractivity contribution < 1.29 is 27.8 Å². The van der Waals surface area contributed by atoms with E-state index in [1.54, 1.807) is 0 Å². The van der Waals surface area contributed by atoms with Gasteiger partial charge in [0, 0.05) is 17.5 Å². The number of halogens is 3. The number of nitrogens with one attached hydrogen (secondary N) is 1. The van der Waals surface area contributed by atoms with E-state index in [1.807, 2.05) is 4.98 Å². The number of hydrogen-bond acceptors (Lipinski definition) is 6. The molecule has 0 bridgehead atoms. The van der Waals surface area contributed by atoms with Gasteiger partial charge in [-0.25, -0.2) is 4.79 Å². The van der Waals surface area contributed by atoms with Gasteiger partial charge in [-0.15, -0.1) is 0 Å². The van der Waals surface area contributed by atoms with Gasteiger partial charge in [0.2, 0.25) is 0 Å². The molecule has 1 aromatic rings. The summed E-state index contributed by atoms with van der Waals surface area (Å²) in [6.07, 6.45) is -5.28. The van der Waals surface area contributed by atoms with Gasteiger partial charge in [0.05, 0.1) is 30.9 Å². The minimum atomic E-state index is -4.55. The van der Waals surface area contributed by atoms with Gasteiger partial charge < -0.3 is 14.6 Å². The maximum absolute atomic E-state index is 12.1. The summed E-state index contributed by atoms with van der Waals surface area (Å²) in [6.45, 7) is -2.66. The first-order chi connectivity index (χ1) is 11.7. The van der Waals surface area contributed by atoms with Crippen molar-refractivity contribution in [1.29, 1.82) is 0 Å². The second-order valence-electron chi connectivity index (χ2n) is 5.25. The van der Waals surface area contributed by atoms with Gasteiger partial charge in [0.15, 0.2) is 0 Å². The molecule has 1 unspecified atom stereocenters. The van der Waals surface area contributed by atoms with Gasteiger partial charge in [-0.05, 0) is 5.53 Å². The first-order valence-corrected chi connectivity index (χ1v) is 7.04. The van der Waals surface area contributed by atoms with E-state index in [0.29, 0.717) is 0 Å². The number of azide groups is 1. The van der Waals surface area contributed by atoms with Crippen molar-refractivity contribution in [1.82, 2.24) is 9.55 Å². The number of ether oxygens (including phenoxy) is 2. The van der Waals surface area contributed by atoms with Crippen molar-refractivity contribution in [3.8, 4) is 0 Å². The molecule has 138 valence electrons. The number of aliphatic hydroxyl groups excluding tert-OH is 1. The molecule has 2 rings (SSSR count). The molecule has 0 spiro atoms. The lowest BCUT2D eigenvalue weighted by Gasteiger charge is -2.15.